The number of piperidine rings is 1. The minimum absolute atomic E-state index is 0.00247. The summed E-state index contributed by atoms with van der Waals surface area (Å²) in [5, 5.41) is 2.79. The van der Waals surface area contributed by atoms with Crippen LogP contribution in [-0.2, 0) is 4.79 Å². The van der Waals surface area contributed by atoms with Gasteiger partial charge in [0.1, 0.15) is 5.75 Å². The molecular formula is C28H28N2O3. The third-order valence-corrected chi connectivity index (χ3v) is 6.75. The Bertz CT molecular complexity index is 1150. The van der Waals surface area contributed by atoms with Crippen LogP contribution < -0.4 is 10.1 Å². The lowest BCUT2D eigenvalue weighted by molar-refractivity contribution is -0.118. The second-order valence-electron chi connectivity index (χ2n) is 8.98. The number of fused-ring (bicyclic) bond motifs is 1. The first-order valence-electron chi connectivity index (χ1n) is 11.6. The van der Waals surface area contributed by atoms with Gasteiger partial charge < -0.3 is 15.0 Å². The molecule has 2 aliphatic heterocycles. The van der Waals surface area contributed by atoms with Crippen molar-refractivity contribution >= 4 is 17.5 Å². The van der Waals surface area contributed by atoms with Crippen LogP contribution in [-0.4, -0.2) is 36.4 Å². The smallest absolute Gasteiger partial charge is 0.262 e. The van der Waals surface area contributed by atoms with E-state index in [0.29, 0.717) is 28.8 Å². The van der Waals surface area contributed by atoms with Crippen molar-refractivity contribution in [3.8, 4) is 5.75 Å². The standard InChI is InChI=1S/C28H28N2O3/c1-19-7-9-21(10-8-19)27(20-5-3-2-4-6-20)22-13-15-30(16-14-22)28(32)23-11-12-25-24(17-23)29-26(31)18-33-25/h2-12,17,22,27H,13-16,18H2,1H3,(H,29,31). The molecule has 2 amide bonds. The Morgan fingerprint density at radius 2 is 1.67 bits per heavy atom. The maximum absolute atomic E-state index is 13.2. The van der Waals surface area contributed by atoms with E-state index in [-0.39, 0.29) is 18.4 Å². The fourth-order valence-corrected chi connectivity index (χ4v) is 5.01. The maximum atomic E-state index is 13.2. The molecule has 3 aromatic carbocycles. The van der Waals surface area contributed by atoms with E-state index in [1.807, 2.05) is 4.90 Å². The Balaban J connectivity index is 1.32. The Hall–Kier alpha value is -3.60. The van der Waals surface area contributed by atoms with E-state index in [1.54, 1.807) is 18.2 Å². The Kier molecular flexibility index (Phi) is 5.86. The fraction of sp³-hybridized carbons (Fsp3) is 0.286. The Morgan fingerprint density at radius 1 is 0.970 bits per heavy atom. The molecule has 3 aromatic rings. The Labute approximate surface area is 194 Å². The molecule has 1 atom stereocenters. The van der Waals surface area contributed by atoms with Crippen LogP contribution in [0.5, 0.6) is 5.75 Å². The monoisotopic (exact) mass is 440 g/mol. The summed E-state index contributed by atoms with van der Waals surface area (Å²) in [4.78, 5) is 26.8. The summed E-state index contributed by atoms with van der Waals surface area (Å²) in [6.07, 6.45) is 1.90. The van der Waals surface area contributed by atoms with Gasteiger partial charge in [0.15, 0.2) is 6.61 Å². The van der Waals surface area contributed by atoms with E-state index in [1.165, 1.54) is 16.7 Å². The zero-order valence-corrected chi connectivity index (χ0v) is 18.8. The average Bonchev–Trinajstić information content (AvgIpc) is 2.85. The summed E-state index contributed by atoms with van der Waals surface area (Å²) >= 11 is 0. The van der Waals surface area contributed by atoms with E-state index in [0.717, 1.165) is 25.9 Å². The van der Waals surface area contributed by atoms with E-state index in [4.69, 9.17) is 4.74 Å². The molecule has 33 heavy (non-hydrogen) atoms. The first kappa shape index (κ1) is 21.3. The number of aryl methyl sites for hydroxylation is 1. The van der Waals surface area contributed by atoms with Crippen molar-refractivity contribution in [1.29, 1.82) is 0 Å². The number of hydrogen-bond acceptors (Lipinski definition) is 3. The van der Waals surface area contributed by atoms with Gasteiger partial charge in [-0.2, -0.15) is 0 Å². The van der Waals surface area contributed by atoms with Gasteiger partial charge in [-0.25, -0.2) is 0 Å². The molecule has 1 N–H and O–H groups in total. The largest absolute Gasteiger partial charge is 0.482 e. The number of ether oxygens (including phenoxy) is 1. The molecule has 5 nitrogen and oxygen atoms in total. The highest BCUT2D eigenvalue weighted by Crippen LogP contribution is 2.38. The molecule has 0 aliphatic carbocycles. The molecule has 5 heteroatoms. The van der Waals surface area contributed by atoms with Crippen LogP contribution in [0.4, 0.5) is 5.69 Å². The predicted octanol–water partition coefficient (Wildman–Crippen LogP) is 5.01. The van der Waals surface area contributed by atoms with Crippen molar-refractivity contribution in [2.45, 2.75) is 25.7 Å². The third kappa shape index (κ3) is 4.49. The van der Waals surface area contributed by atoms with E-state index in [2.05, 4.69) is 66.8 Å². The number of amides is 2. The molecule has 1 saturated heterocycles. The minimum Gasteiger partial charge on any atom is -0.482 e. The molecule has 168 valence electrons. The number of rotatable bonds is 4. The number of nitrogens with zero attached hydrogens (tertiary/aromatic N) is 1. The number of anilines is 1. The number of carbonyl (C=O) groups is 2. The molecule has 2 heterocycles. The van der Waals surface area contributed by atoms with Crippen LogP contribution in [0.3, 0.4) is 0 Å². The van der Waals surface area contributed by atoms with Crippen LogP contribution >= 0.6 is 0 Å². The van der Waals surface area contributed by atoms with E-state index in [9.17, 15) is 9.59 Å². The summed E-state index contributed by atoms with van der Waals surface area (Å²) in [6, 6.07) is 24.8. The summed E-state index contributed by atoms with van der Waals surface area (Å²) in [6.45, 7) is 3.57. The second kappa shape index (κ2) is 9.10. The van der Waals surface area contributed by atoms with E-state index >= 15 is 0 Å². The van der Waals surface area contributed by atoms with Crippen molar-refractivity contribution in [3.05, 3.63) is 95.1 Å². The zero-order valence-electron chi connectivity index (χ0n) is 18.8. The van der Waals surface area contributed by atoms with Gasteiger partial charge in [0.2, 0.25) is 0 Å². The average molecular weight is 441 g/mol. The van der Waals surface area contributed by atoms with Crippen LogP contribution in [0.2, 0.25) is 0 Å². The minimum atomic E-state index is -0.198. The zero-order chi connectivity index (χ0) is 22.8. The van der Waals surface area contributed by atoms with Crippen molar-refractivity contribution in [3.63, 3.8) is 0 Å². The maximum Gasteiger partial charge on any atom is 0.262 e. The highest BCUT2D eigenvalue weighted by molar-refractivity contribution is 5.99. The molecule has 1 fully saturated rings. The van der Waals surface area contributed by atoms with Crippen molar-refractivity contribution in [2.75, 3.05) is 25.0 Å². The number of benzene rings is 3. The van der Waals surface area contributed by atoms with Crippen molar-refractivity contribution in [2.24, 2.45) is 5.92 Å². The topological polar surface area (TPSA) is 58.6 Å². The van der Waals surface area contributed by atoms with Crippen LogP contribution in [0.15, 0.2) is 72.8 Å². The van der Waals surface area contributed by atoms with Gasteiger partial charge in [0, 0.05) is 24.6 Å². The SMILES string of the molecule is Cc1ccc(C(c2ccccc2)C2CCN(C(=O)c3ccc4c(c3)NC(=O)CO4)CC2)cc1. The quantitative estimate of drug-likeness (QED) is 0.620. The van der Waals surface area contributed by atoms with Crippen molar-refractivity contribution < 1.29 is 14.3 Å². The highest BCUT2D eigenvalue weighted by Gasteiger charge is 2.31. The molecule has 0 spiro atoms. The predicted molar refractivity (Wildman–Crippen MR) is 129 cm³/mol. The highest BCUT2D eigenvalue weighted by atomic mass is 16.5. The normalized spacial score (nSPS) is 17.0. The molecule has 0 bridgehead atoms. The third-order valence-electron chi connectivity index (χ3n) is 6.75. The van der Waals surface area contributed by atoms with Gasteiger partial charge in [0.25, 0.3) is 11.8 Å². The van der Waals surface area contributed by atoms with Gasteiger partial charge in [0.05, 0.1) is 5.69 Å². The first-order chi connectivity index (χ1) is 16.1. The van der Waals surface area contributed by atoms with Crippen LogP contribution in [0, 0.1) is 12.8 Å². The van der Waals surface area contributed by atoms with Crippen LogP contribution in [0.1, 0.15) is 45.8 Å². The molecule has 0 radical (unpaired) electrons. The van der Waals surface area contributed by atoms with Gasteiger partial charge >= 0.3 is 0 Å². The number of carbonyl (C=O) groups excluding carboxylic acids is 2. The summed E-state index contributed by atoms with van der Waals surface area (Å²) in [5.41, 5.74) is 5.07. The first-order valence-corrected chi connectivity index (χ1v) is 11.6. The molecule has 0 saturated carbocycles. The van der Waals surface area contributed by atoms with E-state index < -0.39 is 0 Å². The molecular weight excluding hydrogens is 412 g/mol. The molecule has 1 unspecified atom stereocenters. The summed E-state index contributed by atoms with van der Waals surface area (Å²) in [5.74, 6) is 1.20. The summed E-state index contributed by atoms with van der Waals surface area (Å²) in [7, 11) is 0. The van der Waals surface area contributed by atoms with Crippen molar-refractivity contribution in [1.82, 2.24) is 4.90 Å². The second-order valence-corrected chi connectivity index (χ2v) is 8.98. The summed E-state index contributed by atoms with van der Waals surface area (Å²) < 4.78 is 5.41. The lowest BCUT2D eigenvalue weighted by Crippen LogP contribution is -2.40. The van der Waals surface area contributed by atoms with Crippen LogP contribution in [0.25, 0.3) is 0 Å². The lowest BCUT2D eigenvalue weighted by Gasteiger charge is -2.37. The Morgan fingerprint density at radius 3 is 2.39 bits per heavy atom. The fourth-order valence-electron chi connectivity index (χ4n) is 5.01. The van der Waals surface area contributed by atoms with Gasteiger partial charge in [-0.05, 0) is 55.0 Å². The number of nitrogens with one attached hydrogen (secondary N) is 1. The number of likely N-dealkylation sites (tertiary alicyclic amines) is 1. The molecule has 0 aromatic heterocycles. The van der Waals surface area contributed by atoms with Gasteiger partial charge in [-0.1, -0.05) is 60.2 Å². The van der Waals surface area contributed by atoms with Gasteiger partial charge in [-0.15, -0.1) is 0 Å². The number of hydrogen-bond donors (Lipinski definition) is 1. The molecule has 2 aliphatic rings. The lowest BCUT2D eigenvalue weighted by atomic mass is 9.76. The molecule has 5 rings (SSSR count). The van der Waals surface area contributed by atoms with Gasteiger partial charge in [-0.3, -0.25) is 9.59 Å².